The second-order valence-electron chi connectivity index (χ2n) is 3.70. The SMILES string of the molecule is CCOC(=O)/C=C/C1CC=CCC1C. The third-order valence-corrected chi connectivity index (χ3v) is 2.58. The Morgan fingerprint density at radius 2 is 2.21 bits per heavy atom. The van der Waals surface area contributed by atoms with Gasteiger partial charge in [-0.05, 0) is 31.6 Å². The van der Waals surface area contributed by atoms with Gasteiger partial charge in [0.25, 0.3) is 0 Å². The van der Waals surface area contributed by atoms with Crippen LogP contribution in [0.3, 0.4) is 0 Å². The Morgan fingerprint density at radius 3 is 2.86 bits per heavy atom. The molecule has 0 aliphatic heterocycles. The highest BCUT2D eigenvalue weighted by atomic mass is 16.5. The van der Waals surface area contributed by atoms with Crippen LogP contribution in [0.15, 0.2) is 24.3 Å². The summed E-state index contributed by atoms with van der Waals surface area (Å²) in [5, 5.41) is 0. The summed E-state index contributed by atoms with van der Waals surface area (Å²) in [6, 6.07) is 0. The Morgan fingerprint density at radius 1 is 1.50 bits per heavy atom. The van der Waals surface area contributed by atoms with Gasteiger partial charge in [0.2, 0.25) is 0 Å². The van der Waals surface area contributed by atoms with E-state index >= 15 is 0 Å². The number of hydrogen-bond donors (Lipinski definition) is 0. The van der Waals surface area contributed by atoms with Crippen LogP contribution in [-0.2, 0) is 9.53 Å². The molecule has 1 rings (SSSR count). The number of allylic oxidation sites excluding steroid dienone is 3. The molecule has 0 saturated carbocycles. The quantitative estimate of drug-likeness (QED) is 0.392. The van der Waals surface area contributed by atoms with Crippen LogP contribution in [0.25, 0.3) is 0 Å². The minimum absolute atomic E-state index is 0.228. The Bertz CT molecular complexity index is 241. The molecule has 2 atom stereocenters. The lowest BCUT2D eigenvalue weighted by atomic mass is 9.84. The van der Waals surface area contributed by atoms with E-state index in [1.54, 1.807) is 6.08 Å². The fourth-order valence-corrected chi connectivity index (χ4v) is 1.63. The van der Waals surface area contributed by atoms with Crippen molar-refractivity contribution in [1.29, 1.82) is 0 Å². The first-order valence-corrected chi connectivity index (χ1v) is 5.24. The molecule has 0 fully saturated rings. The first kappa shape index (κ1) is 11.0. The molecule has 0 heterocycles. The second-order valence-corrected chi connectivity index (χ2v) is 3.70. The van der Waals surface area contributed by atoms with E-state index in [1.165, 1.54) is 0 Å². The summed E-state index contributed by atoms with van der Waals surface area (Å²) in [5.74, 6) is 0.893. The number of carbonyl (C=O) groups excluding carboxylic acids is 1. The topological polar surface area (TPSA) is 26.3 Å². The van der Waals surface area contributed by atoms with E-state index in [2.05, 4.69) is 19.1 Å². The van der Waals surface area contributed by atoms with Gasteiger partial charge in [0, 0.05) is 6.08 Å². The highest BCUT2D eigenvalue weighted by Gasteiger charge is 2.15. The van der Waals surface area contributed by atoms with Gasteiger partial charge < -0.3 is 4.74 Å². The molecular weight excluding hydrogens is 176 g/mol. The molecule has 0 aromatic carbocycles. The maximum atomic E-state index is 11.1. The smallest absolute Gasteiger partial charge is 0.330 e. The van der Waals surface area contributed by atoms with Gasteiger partial charge in [-0.15, -0.1) is 0 Å². The Kier molecular flexibility index (Phi) is 4.44. The van der Waals surface area contributed by atoms with Crippen molar-refractivity contribution in [3.8, 4) is 0 Å². The molecule has 0 aromatic rings. The minimum Gasteiger partial charge on any atom is -0.463 e. The average Bonchev–Trinajstić information content (AvgIpc) is 2.17. The first-order chi connectivity index (χ1) is 6.74. The number of carbonyl (C=O) groups is 1. The van der Waals surface area contributed by atoms with E-state index in [0.29, 0.717) is 18.4 Å². The predicted molar refractivity (Wildman–Crippen MR) is 56.8 cm³/mol. The van der Waals surface area contributed by atoms with Gasteiger partial charge in [0.05, 0.1) is 6.61 Å². The average molecular weight is 194 g/mol. The molecule has 2 nitrogen and oxygen atoms in total. The van der Waals surface area contributed by atoms with Crippen LogP contribution in [-0.4, -0.2) is 12.6 Å². The van der Waals surface area contributed by atoms with Crippen LogP contribution in [0, 0.1) is 11.8 Å². The van der Waals surface area contributed by atoms with Gasteiger partial charge in [-0.1, -0.05) is 25.2 Å². The molecule has 0 amide bonds. The first-order valence-electron chi connectivity index (χ1n) is 5.24. The Hall–Kier alpha value is -1.05. The van der Waals surface area contributed by atoms with Crippen LogP contribution in [0.1, 0.15) is 26.7 Å². The molecule has 2 unspecified atom stereocenters. The zero-order chi connectivity index (χ0) is 10.4. The summed E-state index contributed by atoms with van der Waals surface area (Å²) in [6.07, 6.45) is 10.1. The van der Waals surface area contributed by atoms with Gasteiger partial charge in [0.1, 0.15) is 0 Å². The maximum Gasteiger partial charge on any atom is 0.330 e. The molecular formula is C12H18O2. The van der Waals surface area contributed by atoms with E-state index in [9.17, 15) is 4.79 Å². The fourth-order valence-electron chi connectivity index (χ4n) is 1.63. The summed E-state index contributed by atoms with van der Waals surface area (Å²) < 4.78 is 4.82. The molecule has 14 heavy (non-hydrogen) atoms. The summed E-state index contributed by atoms with van der Waals surface area (Å²) >= 11 is 0. The number of ether oxygens (including phenoxy) is 1. The van der Waals surface area contributed by atoms with Crippen LogP contribution in [0.2, 0.25) is 0 Å². The van der Waals surface area contributed by atoms with Gasteiger partial charge in [-0.25, -0.2) is 4.79 Å². The minimum atomic E-state index is -0.228. The molecule has 0 aromatic heterocycles. The molecule has 0 bridgehead atoms. The van der Waals surface area contributed by atoms with Crippen LogP contribution < -0.4 is 0 Å². The Labute approximate surface area is 85.6 Å². The zero-order valence-electron chi connectivity index (χ0n) is 8.90. The monoisotopic (exact) mass is 194 g/mol. The van der Waals surface area contributed by atoms with E-state index in [0.717, 1.165) is 12.8 Å². The summed E-state index contributed by atoms with van der Waals surface area (Å²) in [7, 11) is 0. The van der Waals surface area contributed by atoms with E-state index < -0.39 is 0 Å². The maximum absolute atomic E-state index is 11.1. The van der Waals surface area contributed by atoms with Crippen molar-refractivity contribution in [1.82, 2.24) is 0 Å². The van der Waals surface area contributed by atoms with Crippen molar-refractivity contribution in [3.63, 3.8) is 0 Å². The van der Waals surface area contributed by atoms with Gasteiger partial charge in [-0.3, -0.25) is 0 Å². The van der Waals surface area contributed by atoms with Gasteiger partial charge in [-0.2, -0.15) is 0 Å². The molecule has 0 radical (unpaired) electrons. The third-order valence-electron chi connectivity index (χ3n) is 2.58. The van der Waals surface area contributed by atoms with Crippen LogP contribution in [0.5, 0.6) is 0 Å². The van der Waals surface area contributed by atoms with Gasteiger partial charge >= 0.3 is 5.97 Å². The van der Waals surface area contributed by atoms with Crippen LogP contribution in [0.4, 0.5) is 0 Å². The van der Waals surface area contributed by atoms with E-state index in [-0.39, 0.29) is 5.97 Å². The number of hydrogen-bond acceptors (Lipinski definition) is 2. The van der Waals surface area contributed by atoms with Gasteiger partial charge in [0.15, 0.2) is 0 Å². The Balaban J connectivity index is 2.42. The standard InChI is InChI=1S/C12H18O2/c1-3-14-12(13)9-8-11-7-5-4-6-10(11)2/h4-5,8-11H,3,6-7H2,1-2H3/b9-8+. The molecule has 78 valence electrons. The van der Waals surface area contributed by atoms with E-state index in [4.69, 9.17) is 4.74 Å². The van der Waals surface area contributed by atoms with E-state index in [1.807, 2.05) is 13.0 Å². The molecule has 0 spiro atoms. The van der Waals surface area contributed by atoms with Crippen molar-refractivity contribution >= 4 is 5.97 Å². The molecule has 0 N–H and O–H groups in total. The van der Waals surface area contributed by atoms with Crippen molar-refractivity contribution in [2.45, 2.75) is 26.7 Å². The molecule has 0 saturated heterocycles. The lowest BCUT2D eigenvalue weighted by Crippen LogP contribution is -2.11. The summed E-state index contributed by atoms with van der Waals surface area (Å²) in [6.45, 7) is 4.48. The molecule has 1 aliphatic rings. The number of rotatable bonds is 3. The lowest BCUT2D eigenvalue weighted by molar-refractivity contribution is -0.137. The van der Waals surface area contributed by atoms with Crippen molar-refractivity contribution < 1.29 is 9.53 Å². The van der Waals surface area contributed by atoms with Crippen LogP contribution >= 0.6 is 0 Å². The van der Waals surface area contributed by atoms with Crippen molar-refractivity contribution in [2.75, 3.05) is 6.61 Å². The number of esters is 1. The summed E-state index contributed by atoms with van der Waals surface area (Å²) in [5.41, 5.74) is 0. The van der Waals surface area contributed by atoms with Crippen molar-refractivity contribution in [2.24, 2.45) is 11.8 Å². The third kappa shape index (κ3) is 3.36. The molecule has 1 aliphatic carbocycles. The zero-order valence-corrected chi connectivity index (χ0v) is 8.90. The van der Waals surface area contributed by atoms with Crippen molar-refractivity contribution in [3.05, 3.63) is 24.3 Å². The summed E-state index contributed by atoms with van der Waals surface area (Å²) in [4.78, 5) is 11.1. The highest BCUT2D eigenvalue weighted by molar-refractivity contribution is 5.81. The fraction of sp³-hybridized carbons (Fsp3) is 0.583. The predicted octanol–water partition coefficient (Wildman–Crippen LogP) is 2.71. The normalized spacial score (nSPS) is 26.7. The largest absolute Gasteiger partial charge is 0.463 e. The molecule has 2 heteroatoms. The second kappa shape index (κ2) is 5.63. The lowest BCUT2D eigenvalue weighted by Gasteiger charge is -2.21. The highest BCUT2D eigenvalue weighted by Crippen LogP contribution is 2.25.